The lowest BCUT2D eigenvalue weighted by molar-refractivity contribution is 0.267. The van der Waals surface area contributed by atoms with Crippen LogP contribution in [0.2, 0.25) is 0 Å². The van der Waals surface area contributed by atoms with Crippen LogP contribution in [0.4, 0.5) is 0 Å². The molecule has 0 aromatic heterocycles. The Balaban J connectivity index is 2.01. The van der Waals surface area contributed by atoms with Crippen molar-refractivity contribution in [3.8, 4) is 0 Å². The summed E-state index contributed by atoms with van der Waals surface area (Å²) in [6, 6.07) is 0.713. The third-order valence-electron chi connectivity index (χ3n) is 3.17. The molecule has 0 aromatic rings. The molecule has 1 nitrogen and oxygen atoms in total. The highest BCUT2D eigenvalue weighted by Crippen LogP contribution is 2.28. The highest BCUT2D eigenvalue weighted by molar-refractivity contribution is 9.11. The zero-order chi connectivity index (χ0) is 9.10. The van der Waals surface area contributed by atoms with Crippen molar-refractivity contribution in [1.29, 1.82) is 0 Å². The summed E-state index contributed by atoms with van der Waals surface area (Å²) in [5.74, 6) is 0. The molecule has 1 saturated heterocycles. The molecule has 0 N–H and O–H groups in total. The van der Waals surface area contributed by atoms with Crippen LogP contribution in [-0.4, -0.2) is 24.0 Å². The van der Waals surface area contributed by atoms with E-state index in [0.29, 0.717) is 6.04 Å². The van der Waals surface area contributed by atoms with E-state index in [1.165, 1.54) is 56.1 Å². The molecule has 74 valence electrons. The quantitative estimate of drug-likeness (QED) is 0.684. The second kappa shape index (κ2) is 4.61. The van der Waals surface area contributed by atoms with E-state index in [9.17, 15) is 0 Å². The second-order valence-corrected chi connectivity index (χ2v) is 5.05. The predicted molar refractivity (Wildman–Crippen MR) is 60.1 cm³/mol. The van der Waals surface area contributed by atoms with Crippen LogP contribution >= 0.6 is 15.9 Å². The smallest absolute Gasteiger partial charge is 0.0410 e. The minimum absolute atomic E-state index is 0.713. The van der Waals surface area contributed by atoms with Crippen LogP contribution in [0.3, 0.4) is 0 Å². The molecule has 0 bridgehead atoms. The van der Waals surface area contributed by atoms with Crippen molar-refractivity contribution in [3.63, 3.8) is 0 Å². The Labute approximate surface area is 89.3 Å². The lowest BCUT2D eigenvalue weighted by Gasteiger charge is -2.26. The molecular formula is C11H18BrN. The minimum Gasteiger partial charge on any atom is -0.296 e. The molecule has 1 atom stereocenters. The van der Waals surface area contributed by atoms with E-state index >= 15 is 0 Å². The number of likely N-dealkylation sites (tertiary alicyclic amines) is 1. The average molecular weight is 244 g/mol. The van der Waals surface area contributed by atoms with Crippen molar-refractivity contribution in [2.75, 3.05) is 13.1 Å². The summed E-state index contributed by atoms with van der Waals surface area (Å²) in [5.41, 5.74) is 0. The number of rotatable bonds is 1. The summed E-state index contributed by atoms with van der Waals surface area (Å²) in [6.45, 7) is 2.63. The van der Waals surface area contributed by atoms with Gasteiger partial charge in [-0.15, -0.1) is 0 Å². The topological polar surface area (TPSA) is 3.24 Å². The third-order valence-corrected chi connectivity index (χ3v) is 4.02. The van der Waals surface area contributed by atoms with Crippen molar-refractivity contribution >= 4 is 15.9 Å². The van der Waals surface area contributed by atoms with Crippen molar-refractivity contribution in [1.82, 2.24) is 4.90 Å². The van der Waals surface area contributed by atoms with E-state index in [4.69, 9.17) is 0 Å². The number of nitrogens with zero attached hydrogens (tertiary/aromatic N) is 1. The Bertz CT molecular complexity index is 194. The van der Waals surface area contributed by atoms with Crippen LogP contribution in [0, 0.1) is 0 Å². The Morgan fingerprint density at radius 3 is 2.69 bits per heavy atom. The molecular weight excluding hydrogens is 226 g/mol. The average Bonchev–Trinajstić information content (AvgIpc) is 2.56. The van der Waals surface area contributed by atoms with Gasteiger partial charge in [-0.2, -0.15) is 0 Å². The maximum atomic E-state index is 3.73. The Hall–Kier alpha value is 0.180. The molecule has 0 saturated carbocycles. The third kappa shape index (κ3) is 2.35. The lowest BCUT2D eigenvalue weighted by Crippen LogP contribution is -2.32. The van der Waals surface area contributed by atoms with Gasteiger partial charge in [0.25, 0.3) is 0 Å². The molecule has 1 unspecified atom stereocenters. The normalized spacial score (nSPS) is 31.5. The number of hydrogen-bond acceptors (Lipinski definition) is 1. The predicted octanol–water partition coefficient (Wildman–Crippen LogP) is 3.30. The zero-order valence-corrected chi connectivity index (χ0v) is 9.72. The molecule has 1 aliphatic carbocycles. The van der Waals surface area contributed by atoms with Gasteiger partial charge in [-0.1, -0.05) is 28.4 Å². The van der Waals surface area contributed by atoms with Crippen molar-refractivity contribution in [3.05, 3.63) is 10.6 Å². The molecule has 1 heterocycles. The maximum absolute atomic E-state index is 3.73. The van der Waals surface area contributed by atoms with E-state index in [1.807, 2.05) is 0 Å². The van der Waals surface area contributed by atoms with Crippen LogP contribution in [0.5, 0.6) is 0 Å². The van der Waals surface area contributed by atoms with Gasteiger partial charge in [-0.3, -0.25) is 4.90 Å². The molecule has 2 aliphatic rings. The molecule has 0 radical (unpaired) electrons. The highest BCUT2D eigenvalue weighted by atomic mass is 79.9. The van der Waals surface area contributed by atoms with Crippen LogP contribution < -0.4 is 0 Å². The van der Waals surface area contributed by atoms with Crippen molar-refractivity contribution in [2.24, 2.45) is 0 Å². The number of halogens is 1. The second-order valence-electron chi connectivity index (χ2n) is 4.13. The largest absolute Gasteiger partial charge is 0.296 e. The van der Waals surface area contributed by atoms with Crippen molar-refractivity contribution in [2.45, 2.75) is 44.6 Å². The Morgan fingerprint density at radius 1 is 1.15 bits per heavy atom. The van der Waals surface area contributed by atoms with Gasteiger partial charge in [0.05, 0.1) is 0 Å². The van der Waals surface area contributed by atoms with Gasteiger partial charge in [0.2, 0.25) is 0 Å². The van der Waals surface area contributed by atoms with Crippen molar-refractivity contribution < 1.29 is 0 Å². The molecule has 0 amide bonds. The van der Waals surface area contributed by atoms with Gasteiger partial charge in [0.1, 0.15) is 0 Å². The van der Waals surface area contributed by atoms with E-state index in [0.717, 1.165) is 0 Å². The molecule has 0 aromatic carbocycles. The van der Waals surface area contributed by atoms with Crippen LogP contribution in [0.25, 0.3) is 0 Å². The molecule has 1 aliphatic heterocycles. The standard InChI is InChI=1S/C11H18BrN/c12-10-6-2-1-3-7-11(10)13-8-4-5-9-13/h6,11H,1-5,7-9H2. The summed E-state index contributed by atoms with van der Waals surface area (Å²) >= 11 is 3.73. The first-order valence-electron chi connectivity index (χ1n) is 5.47. The summed E-state index contributed by atoms with van der Waals surface area (Å²) in [7, 11) is 0. The molecule has 2 rings (SSSR count). The highest BCUT2D eigenvalue weighted by Gasteiger charge is 2.24. The maximum Gasteiger partial charge on any atom is 0.0410 e. The van der Waals surface area contributed by atoms with Gasteiger partial charge in [-0.25, -0.2) is 0 Å². The number of allylic oxidation sites excluding steroid dienone is 1. The monoisotopic (exact) mass is 243 g/mol. The minimum atomic E-state index is 0.713. The van der Waals surface area contributed by atoms with Gasteiger partial charge >= 0.3 is 0 Å². The summed E-state index contributed by atoms with van der Waals surface area (Å²) in [6.07, 6.45) is 10.6. The van der Waals surface area contributed by atoms with Gasteiger partial charge in [0, 0.05) is 10.5 Å². The molecule has 0 spiro atoms. The van der Waals surface area contributed by atoms with Crippen LogP contribution in [0.1, 0.15) is 38.5 Å². The molecule has 2 heteroatoms. The summed E-state index contributed by atoms with van der Waals surface area (Å²) in [4.78, 5) is 2.64. The summed E-state index contributed by atoms with van der Waals surface area (Å²) in [5, 5.41) is 0. The van der Waals surface area contributed by atoms with E-state index in [-0.39, 0.29) is 0 Å². The zero-order valence-electron chi connectivity index (χ0n) is 8.14. The van der Waals surface area contributed by atoms with Gasteiger partial charge in [0.15, 0.2) is 0 Å². The van der Waals surface area contributed by atoms with Crippen LogP contribution in [-0.2, 0) is 0 Å². The Morgan fingerprint density at radius 2 is 1.92 bits per heavy atom. The first-order valence-corrected chi connectivity index (χ1v) is 6.27. The van der Waals surface area contributed by atoms with E-state index in [1.54, 1.807) is 0 Å². The SMILES string of the molecule is BrC1=CCCCCC1N1CCCC1. The first kappa shape index (κ1) is 9.72. The van der Waals surface area contributed by atoms with Crippen LogP contribution in [0.15, 0.2) is 10.6 Å². The molecule has 13 heavy (non-hydrogen) atoms. The van der Waals surface area contributed by atoms with Gasteiger partial charge < -0.3 is 0 Å². The van der Waals surface area contributed by atoms with E-state index < -0.39 is 0 Å². The first-order chi connectivity index (χ1) is 6.38. The fraction of sp³-hybridized carbons (Fsp3) is 0.818. The summed E-state index contributed by atoms with van der Waals surface area (Å²) < 4.78 is 1.45. The van der Waals surface area contributed by atoms with E-state index in [2.05, 4.69) is 26.9 Å². The fourth-order valence-electron chi connectivity index (χ4n) is 2.41. The fourth-order valence-corrected chi connectivity index (χ4v) is 3.15. The van der Waals surface area contributed by atoms with Gasteiger partial charge in [-0.05, 0) is 45.2 Å². The lowest BCUT2D eigenvalue weighted by atomic mass is 10.1. The Kier molecular flexibility index (Phi) is 3.45. The molecule has 1 fully saturated rings. The number of hydrogen-bond donors (Lipinski definition) is 0.